The van der Waals surface area contributed by atoms with Crippen molar-refractivity contribution in [2.75, 3.05) is 44.6 Å². The lowest BCUT2D eigenvalue weighted by atomic mass is 9.65. The van der Waals surface area contributed by atoms with Crippen LogP contribution >= 0.6 is 0 Å². The zero-order chi connectivity index (χ0) is 22.3. The molecule has 4 amide bonds. The van der Waals surface area contributed by atoms with E-state index in [9.17, 15) is 14.4 Å². The summed E-state index contributed by atoms with van der Waals surface area (Å²) in [6.45, 7) is 5.99. The Kier molecular flexibility index (Phi) is 5.38. The minimum atomic E-state index is -0.426. The van der Waals surface area contributed by atoms with Crippen molar-refractivity contribution in [2.24, 2.45) is 16.7 Å². The third kappa shape index (κ3) is 3.46. The first-order chi connectivity index (χ1) is 15.4. The smallest absolute Gasteiger partial charge is 0.321 e. The van der Waals surface area contributed by atoms with Gasteiger partial charge >= 0.3 is 6.03 Å². The number of nitrogens with zero attached hydrogens (tertiary/aromatic N) is 3. The van der Waals surface area contributed by atoms with Gasteiger partial charge in [-0.15, -0.1) is 0 Å². The molecule has 4 aliphatic rings. The molecule has 4 fully saturated rings. The first-order valence-electron chi connectivity index (χ1n) is 12.1. The average molecular weight is 439 g/mol. The van der Waals surface area contributed by atoms with E-state index in [-0.39, 0.29) is 29.2 Å². The zero-order valence-electron chi connectivity index (χ0n) is 19.0. The van der Waals surface area contributed by atoms with E-state index in [0.29, 0.717) is 26.2 Å². The number of nitrogens with one attached hydrogen (secondary N) is 1. The molecule has 2 atom stereocenters. The topological polar surface area (TPSA) is 73.0 Å². The van der Waals surface area contributed by atoms with Crippen LogP contribution in [0.15, 0.2) is 30.3 Å². The second-order valence-corrected chi connectivity index (χ2v) is 10.3. The van der Waals surface area contributed by atoms with Gasteiger partial charge in [-0.25, -0.2) is 4.79 Å². The molecule has 1 spiro atoms. The Bertz CT molecular complexity index is 890. The minimum Gasteiger partial charge on any atom is -0.342 e. The number of anilines is 1. The number of fused-ring (bicyclic) bond motifs is 2. The van der Waals surface area contributed by atoms with Crippen molar-refractivity contribution in [1.29, 1.82) is 0 Å². The number of benzene rings is 1. The maximum absolute atomic E-state index is 13.7. The maximum Gasteiger partial charge on any atom is 0.321 e. The first kappa shape index (κ1) is 21.3. The van der Waals surface area contributed by atoms with Gasteiger partial charge in [0, 0.05) is 51.9 Å². The lowest BCUT2D eigenvalue weighted by Crippen LogP contribution is -2.50. The standard InChI is InChI=1S/C25H34N4O3/c1-19(30)29-17-21-24(9-10-25(21,18-29)22(31)27-13-5-6-14-27)11-15-28(16-12-24)23(32)26-20-7-3-2-4-8-20/h2-4,7-8,21H,5-6,9-18H2,1H3,(H,26,32)/t21-,25+/m1/s1. The van der Waals surface area contributed by atoms with E-state index in [1.807, 2.05) is 40.1 Å². The van der Waals surface area contributed by atoms with E-state index < -0.39 is 5.41 Å². The minimum absolute atomic E-state index is 0.0448. The molecule has 1 aliphatic carbocycles. The summed E-state index contributed by atoms with van der Waals surface area (Å²) >= 11 is 0. The molecule has 7 heteroatoms. The van der Waals surface area contributed by atoms with Crippen LogP contribution in [0.3, 0.4) is 0 Å². The maximum atomic E-state index is 13.7. The molecule has 32 heavy (non-hydrogen) atoms. The number of carbonyl (C=O) groups excluding carboxylic acids is 3. The molecule has 1 N–H and O–H groups in total. The van der Waals surface area contributed by atoms with Gasteiger partial charge in [0.2, 0.25) is 11.8 Å². The lowest BCUT2D eigenvalue weighted by Gasteiger charge is -2.44. The summed E-state index contributed by atoms with van der Waals surface area (Å²) in [7, 11) is 0. The molecular formula is C25H34N4O3. The highest BCUT2D eigenvalue weighted by Gasteiger charge is 2.65. The van der Waals surface area contributed by atoms with Gasteiger partial charge in [0.25, 0.3) is 0 Å². The largest absolute Gasteiger partial charge is 0.342 e. The normalized spacial score (nSPS) is 28.8. The summed E-state index contributed by atoms with van der Waals surface area (Å²) in [5.41, 5.74) is 0.426. The number of likely N-dealkylation sites (tertiary alicyclic amines) is 3. The number of hydrogen-bond donors (Lipinski definition) is 1. The summed E-state index contributed by atoms with van der Waals surface area (Å²) in [4.78, 5) is 44.7. The Hall–Kier alpha value is -2.57. The SMILES string of the molecule is CC(=O)N1C[C@@H]2C3(CCN(C(=O)Nc4ccccc4)CC3)CC[C@]2(C(=O)N2CCCC2)C1. The number of amides is 4. The van der Waals surface area contributed by atoms with E-state index in [1.165, 1.54) is 0 Å². The molecule has 0 unspecified atom stereocenters. The summed E-state index contributed by atoms with van der Waals surface area (Å²) in [5.74, 6) is 0.555. The van der Waals surface area contributed by atoms with Crippen LogP contribution in [-0.4, -0.2) is 71.8 Å². The molecule has 7 nitrogen and oxygen atoms in total. The Balaban J connectivity index is 1.31. The fraction of sp³-hybridized carbons (Fsp3) is 0.640. The van der Waals surface area contributed by atoms with E-state index in [2.05, 4.69) is 10.2 Å². The predicted molar refractivity (Wildman–Crippen MR) is 122 cm³/mol. The number of hydrogen-bond acceptors (Lipinski definition) is 3. The van der Waals surface area contributed by atoms with Crippen molar-refractivity contribution >= 4 is 23.5 Å². The van der Waals surface area contributed by atoms with Crippen LogP contribution in [0.1, 0.15) is 45.4 Å². The Morgan fingerprint density at radius 3 is 2.22 bits per heavy atom. The third-order valence-corrected chi connectivity index (χ3v) is 8.69. The van der Waals surface area contributed by atoms with Crippen LogP contribution in [0, 0.1) is 16.7 Å². The van der Waals surface area contributed by atoms with Crippen LogP contribution in [-0.2, 0) is 9.59 Å². The van der Waals surface area contributed by atoms with Gasteiger partial charge in [-0.05, 0) is 62.0 Å². The predicted octanol–water partition coefficient (Wildman–Crippen LogP) is 3.18. The van der Waals surface area contributed by atoms with E-state index in [0.717, 1.165) is 57.3 Å². The van der Waals surface area contributed by atoms with Crippen LogP contribution in [0.4, 0.5) is 10.5 Å². The van der Waals surface area contributed by atoms with Gasteiger partial charge in [0.05, 0.1) is 5.41 Å². The number of rotatable bonds is 2. The van der Waals surface area contributed by atoms with Crippen LogP contribution in [0.2, 0.25) is 0 Å². The molecule has 3 aliphatic heterocycles. The molecule has 3 saturated heterocycles. The average Bonchev–Trinajstić information content (AvgIpc) is 3.52. The summed E-state index contributed by atoms with van der Waals surface area (Å²) < 4.78 is 0. The molecule has 1 saturated carbocycles. The van der Waals surface area contributed by atoms with E-state index in [1.54, 1.807) is 6.92 Å². The first-order valence-corrected chi connectivity index (χ1v) is 12.1. The van der Waals surface area contributed by atoms with Gasteiger partial charge in [0.15, 0.2) is 0 Å². The molecule has 0 bridgehead atoms. The highest BCUT2D eigenvalue weighted by Crippen LogP contribution is 2.62. The second kappa shape index (κ2) is 8.09. The molecular weight excluding hydrogens is 404 g/mol. The van der Waals surface area contributed by atoms with Crippen LogP contribution in [0.5, 0.6) is 0 Å². The van der Waals surface area contributed by atoms with Crippen molar-refractivity contribution in [2.45, 2.75) is 45.4 Å². The van der Waals surface area contributed by atoms with Crippen molar-refractivity contribution < 1.29 is 14.4 Å². The third-order valence-electron chi connectivity index (χ3n) is 8.69. The molecule has 5 rings (SSSR count). The van der Waals surface area contributed by atoms with Crippen LogP contribution in [0.25, 0.3) is 0 Å². The van der Waals surface area contributed by atoms with Gasteiger partial charge < -0.3 is 20.0 Å². The molecule has 172 valence electrons. The van der Waals surface area contributed by atoms with Crippen molar-refractivity contribution in [3.8, 4) is 0 Å². The Morgan fingerprint density at radius 1 is 0.875 bits per heavy atom. The summed E-state index contributed by atoms with van der Waals surface area (Å²) in [6, 6.07) is 9.50. The number of carbonyl (C=O) groups is 3. The molecule has 1 aromatic carbocycles. The molecule has 0 radical (unpaired) electrons. The van der Waals surface area contributed by atoms with Gasteiger partial charge in [0.1, 0.15) is 0 Å². The monoisotopic (exact) mass is 438 g/mol. The van der Waals surface area contributed by atoms with Crippen molar-refractivity contribution in [3.05, 3.63) is 30.3 Å². The van der Waals surface area contributed by atoms with Crippen LogP contribution < -0.4 is 5.32 Å². The highest BCUT2D eigenvalue weighted by atomic mass is 16.2. The number of urea groups is 1. The van der Waals surface area contributed by atoms with E-state index >= 15 is 0 Å². The fourth-order valence-electron chi connectivity index (χ4n) is 6.87. The van der Waals surface area contributed by atoms with Crippen molar-refractivity contribution in [3.63, 3.8) is 0 Å². The van der Waals surface area contributed by atoms with Gasteiger partial charge in [-0.3, -0.25) is 9.59 Å². The van der Waals surface area contributed by atoms with E-state index in [4.69, 9.17) is 0 Å². The second-order valence-electron chi connectivity index (χ2n) is 10.3. The van der Waals surface area contributed by atoms with Gasteiger partial charge in [-0.2, -0.15) is 0 Å². The number of piperidine rings is 1. The lowest BCUT2D eigenvalue weighted by molar-refractivity contribution is -0.143. The Labute approximate surface area is 190 Å². The summed E-state index contributed by atoms with van der Waals surface area (Å²) in [6.07, 6.45) is 5.87. The van der Waals surface area contributed by atoms with Gasteiger partial charge in [-0.1, -0.05) is 18.2 Å². The molecule has 0 aromatic heterocycles. The number of para-hydroxylation sites is 1. The Morgan fingerprint density at radius 2 is 1.56 bits per heavy atom. The molecule has 1 aromatic rings. The van der Waals surface area contributed by atoms with Crippen molar-refractivity contribution in [1.82, 2.24) is 14.7 Å². The highest BCUT2D eigenvalue weighted by molar-refractivity contribution is 5.89. The quantitative estimate of drug-likeness (QED) is 0.771. The zero-order valence-corrected chi connectivity index (χ0v) is 19.0. The fourth-order valence-corrected chi connectivity index (χ4v) is 6.87. The summed E-state index contributed by atoms with van der Waals surface area (Å²) in [5, 5.41) is 3.00. The molecule has 3 heterocycles.